The maximum absolute atomic E-state index is 13.4. The average Bonchev–Trinajstić information content (AvgIpc) is 3.54. The zero-order valence-electron chi connectivity index (χ0n) is 18.7. The summed E-state index contributed by atoms with van der Waals surface area (Å²) in [5.74, 6) is 0.0293. The maximum Gasteiger partial charge on any atom is 0.300 e. The SMILES string of the molecule is CC1Cc2cc(/C(O)=C3\C(=O)C(=O)N(c4ccc5c(c4)OCO5)C3c3ccc(Cl)cc3)ccc2O1. The van der Waals surface area contributed by atoms with E-state index in [1.54, 1.807) is 60.7 Å². The number of Topliss-reactive ketones (excluding diaryl/α,β-unsaturated/α-hetero) is 1. The smallest absolute Gasteiger partial charge is 0.300 e. The molecule has 1 saturated heterocycles. The van der Waals surface area contributed by atoms with E-state index < -0.39 is 17.7 Å². The summed E-state index contributed by atoms with van der Waals surface area (Å²) in [6.07, 6.45) is 0.732. The predicted molar refractivity (Wildman–Crippen MR) is 129 cm³/mol. The lowest BCUT2D eigenvalue weighted by Gasteiger charge is -2.25. The molecule has 0 aliphatic carbocycles. The Morgan fingerprint density at radius 1 is 0.971 bits per heavy atom. The topological polar surface area (TPSA) is 85.3 Å². The summed E-state index contributed by atoms with van der Waals surface area (Å²) in [5, 5.41) is 11.9. The Labute approximate surface area is 206 Å². The molecule has 0 spiro atoms. The number of rotatable bonds is 3. The van der Waals surface area contributed by atoms with Crippen LogP contribution >= 0.6 is 11.6 Å². The molecule has 1 fully saturated rings. The number of halogens is 1. The Kier molecular flexibility index (Phi) is 4.96. The van der Waals surface area contributed by atoms with Gasteiger partial charge in [-0.3, -0.25) is 14.5 Å². The molecule has 3 aromatic carbocycles. The Morgan fingerprint density at radius 2 is 1.71 bits per heavy atom. The van der Waals surface area contributed by atoms with Crippen LogP contribution in [0.2, 0.25) is 5.02 Å². The number of benzene rings is 3. The standard InChI is InChI=1S/C27H20ClNO6/c1-14-10-17-11-16(4-8-20(17)35-14)25(30)23-24(15-2-5-18(28)6-3-15)29(27(32)26(23)31)19-7-9-21-22(12-19)34-13-33-21/h2-9,11-12,14,24,30H,10,13H2,1H3/b25-23+. The molecule has 176 valence electrons. The van der Waals surface area contributed by atoms with Crippen molar-refractivity contribution in [2.24, 2.45) is 0 Å². The van der Waals surface area contributed by atoms with Crippen molar-refractivity contribution in [1.29, 1.82) is 0 Å². The van der Waals surface area contributed by atoms with E-state index in [0.29, 0.717) is 39.8 Å². The summed E-state index contributed by atoms with van der Waals surface area (Å²) in [4.78, 5) is 28.1. The second-order valence-corrected chi connectivity index (χ2v) is 9.15. The fourth-order valence-corrected chi connectivity index (χ4v) is 4.95. The molecule has 3 aliphatic heterocycles. The van der Waals surface area contributed by atoms with Crippen molar-refractivity contribution < 1.29 is 28.9 Å². The maximum atomic E-state index is 13.4. The average molecular weight is 490 g/mol. The van der Waals surface area contributed by atoms with Crippen molar-refractivity contribution in [3.05, 3.63) is 87.9 Å². The first-order valence-electron chi connectivity index (χ1n) is 11.2. The lowest BCUT2D eigenvalue weighted by molar-refractivity contribution is -0.132. The molecule has 0 aromatic heterocycles. The Bertz CT molecular complexity index is 1410. The highest BCUT2D eigenvalue weighted by molar-refractivity contribution is 6.51. The van der Waals surface area contributed by atoms with Crippen molar-refractivity contribution in [2.45, 2.75) is 25.5 Å². The monoisotopic (exact) mass is 489 g/mol. The van der Waals surface area contributed by atoms with Crippen molar-refractivity contribution in [2.75, 3.05) is 11.7 Å². The van der Waals surface area contributed by atoms with Gasteiger partial charge < -0.3 is 19.3 Å². The van der Waals surface area contributed by atoms with Gasteiger partial charge in [-0.05, 0) is 60.5 Å². The van der Waals surface area contributed by atoms with Gasteiger partial charge in [-0.25, -0.2) is 0 Å². The third-order valence-corrected chi connectivity index (χ3v) is 6.69. The minimum absolute atomic E-state index is 0.00176. The Hall–Kier alpha value is -3.97. The molecule has 1 amide bonds. The molecule has 8 heteroatoms. The van der Waals surface area contributed by atoms with Crippen LogP contribution in [0, 0.1) is 0 Å². The van der Waals surface area contributed by atoms with Gasteiger partial charge in [-0.1, -0.05) is 23.7 Å². The summed E-state index contributed by atoms with van der Waals surface area (Å²) < 4.78 is 16.6. The van der Waals surface area contributed by atoms with Crippen molar-refractivity contribution >= 4 is 34.7 Å². The number of aliphatic hydroxyl groups is 1. The number of amides is 1. The number of aliphatic hydroxyl groups excluding tert-OH is 1. The molecule has 3 aliphatic rings. The first-order chi connectivity index (χ1) is 16.9. The van der Waals surface area contributed by atoms with Crippen LogP contribution in [0.15, 0.2) is 66.2 Å². The second kappa shape index (κ2) is 8.06. The van der Waals surface area contributed by atoms with Crippen molar-refractivity contribution in [1.82, 2.24) is 0 Å². The first-order valence-corrected chi connectivity index (χ1v) is 11.5. The minimum atomic E-state index is -0.865. The van der Waals surface area contributed by atoms with Crippen LogP contribution in [0.25, 0.3) is 5.76 Å². The van der Waals surface area contributed by atoms with Gasteiger partial charge in [0.15, 0.2) is 11.5 Å². The molecule has 0 saturated carbocycles. The third kappa shape index (κ3) is 3.51. The molecule has 0 radical (unpaired) electrons. The molecule has 3 aromatic rings. The van der Waals surface area contributed by atoms with E-state index in [1.807, 2.05) is 6.92 Å². The van der Waals surface area contributed by atoms with Gasteiger partial charge in [-0.2, -0.15) is 0 Å². The van der Waals surface area contributed by atoms with Crippen LogP contribution in [0.1, 0.15) is 29.7 Å². The van der Waals surface area contributed by atoms with E-state index in [1.165, 1.54) is 4.90 Å². The van der Waals surface area contributed by atoms with E-state index in [9.17, 15) is 14.7 Å². The lowest BCUT2D eigenvalue weighted by atomic mass is 9.94. The summed E-state index contributed by atoms with van der Waals surface area (Å²) in [6.45, 7) is 2.05. The zero-order chi connectivity index (χ0) is 24.3. The van der Waals surface area contributed by atoms with E-state index in [2.05, 4.69) is 0 Å². The summed E-state index contributed by atoms with van der Waals surface area (Å²) in [6, 6.07) is 16.3. The van der Waals surface area contributed by atoms with Crippen LogP contribution in [0.3, 0.4) is 0 Å². The number of anilines is 1. The van der Waals surface area contributed by atoms with Gasteiger partial charge in [-0.15, -0.1) is 0 Å². The van der Waals surface area contributed by atoms with Gasteiger partial charge in [0.05, 0.1) is 11.6 Å². The molecule has 3 heterocycles. The molecule has 35 heavy (non-hydrogen) atoms. The largest absolute Gasteiger partial charge is 0.507 e. The number of ketones is 1. The number of carbonyl (C=O) groups is 2. The highest BCUT2D eigenvalue weighted by Crippen LogP contribution is 2.45. The quantitative estimate of drug-likeness (QED) is 0.316. The highest BCUT2D eigenvalue weighted by atomic mass is 35.5. The van der Waals surface area contributed by atoms with Crippen LogP contribution in [0.4, 0.5) is 5.69 Å². The molecule has 2 atom stereocenters. The van der Waals surface area contributed by atoms with Gasteiger partial charge in [0.1, 0.15) is 17.6 Å². The molecule has 6 rings (SSSR count). The highest BCUT2D eigenvalue weighted by Gasteiger charge is 2.47. The van der Waals surface area contributed by atoms with E-state index in [0.717, 1.165) is 11.3 Å². The van der Waals surface area contributed by atoms with Gasteiger partial charge >= 0.3 is 0 Å². The lowest BCUT2D eigenvalue weighted by Crippen LogP contribution is -2.29. The fraction of sp³-hybridized carbons (Fsp3) is 0.185. The number of fused-ring (bicyclic) bond motifs is 2. The summed E-state index contributed by atoms with van der Waals surface area (Å²) in [5.41, 5.74) is 2.47. The zero-order valence-corrected chi connectivity index (χ0v) is 19.4. The Balaban J connectivity index is 1.51. The minimum Gasteiger partial charge on any atom is -0.507 e. The number of carbonyl (C=O) groups excluding carboxylic acids is 2. The van der Waals surface area contributed by atoms with E-state index >= 15 is 0 Å². The number of nitrogens with zero attached hydrogens (tertiary/aromatic N) is 1. The molecule has 2 unspecified atom stereocenters. The van der Waals surface area contributed by atoms with Crippen molar-refractivity contribution in [3.8, 4) is 17.2 Å². The predicted octanol–water partition coefficient (Wildman–Crippen LogP) is 5.02. The summed E-state index contributed by atoms with van der Waals surface area (Å²) in [7, 11) is 0. The van der Waals surface area contributed by atoms with E-state index in [4.69, 9.17) is 25.8 Å². The van der Waals surface area contributed by atoms with Crippen LogP contribution < -0.4 is 19.1 Å². The second-order valence-electron chi connectivity index (χ2n) is 8.71. The number of ether oxygens (including phenoxy) is 3. The molecule has 7 nitrogen and oxygen atoms in total. The van der Waals surface area contributed by atoms with Gasteiger partial charge in [0.2, 0.25) is 6.79 Å². The van der Waals surface area contributed by atoms with Crippen molar-refractivity contribution in [3.63, 3.8) is 0 Å². The Morgan fingerprint density at radius 3 is 2.51 bits per heavy atom. The summed E-state index contributed by atoms with van der Waals surface area (Å²) >= 11 is 6.10. The number of hydrogen-bond acceptors (Lipinski definition) is 6. The number of hydrogen-bond donors (Lipinski definition) is 1. The van der Waals surface area contributed by atoms with Crippen LogP contribution in [-0.4, -0.2) is 29.7 Å². The van der Waals surface area contributed by atoms with Gasteiger partial charge in [0, 0.05) is 28.8 Å². The van der Waals surface area contributed by atoms with Crippen LogP contribution in [-0.2, 0) is 16.0 Å². The molecular formula is C27H20ClNO6. The third-order valence-electron chi connectivity index (χ3n) is 6.43. The fourth-order valence-electron chi connectivity index (χ4n) is 4.82. The first kappa shape index (κ1) is 21.6. The molecule has 0 bridgehead atoms. The van der Waals surface area contributed by atoms with E-state index in [-0.39, 0.29) is 24.2 Å². The molecular weight excluding hydrogens is 470 g/mol. The van der Waals surface area contributed by atoms with Crippen LogP contribution in [0.5, 0.6) is 17.2 Å². The molecule has 1 N–H and O–H groups in total. The normalized spacial score (nSPS) is 21.8. The van der Waals surface area contributed by atoms with Gasteiger partial charge in [0.25, 0.3) is 11.7 Å².